The first-order chi connectivity index (χ1) is 4.66. The van der Waals surface area contributed by atoms with E-state index in [0.717, 1.165) is 13.1 Å². The fourth-order valence-corrected chi connectivity index (χ4v) is 1.38. The third-order valence-corrected chi connectivity index (χ3v) is 2.06. The molecule has 0 radical (unpaired) electrons. The number of nitrogens with zero attached hydrogens (tertiary/aromatic N) is 2. The van der Waals surface area contributed by atoms with Gasteiger partial charge in [0, 0.05) is 6.54 Å². The number of likely N-dealkylation sites (N-methyl/N-ethyl adjacent to an activating group) is 2. The molecule has 0 aromatic rings. The van der Waals surface area contributed by atoms with Crippen LogP contribution in [0.25, 0.3) is 0 Å². The summed E-state index contributed by atoms with van der Waals surface area (Å²) in [5, 5.41) is 0. The third kappa shape index (κ3) is 1.15. The molecule has 0 aliphatic carbocycles. The molecule has 1 saturated heterocycles. The molecule has 2 unspecified atom stereocenters. The van der Waals surface area contributed by atoms with E-state index in [0.29, 0.717) is 0 Å². The van der Waals surface area contributed by atoms with Crippen LogP contribution in [0, 0.1) is 0 Å². The molecule has 4 heteroatoms. The summed E-state index contributed by atoms with van der Waals surface area (Å²) in [6.45, 7) is 3.86. The van der Waals surface area contributed by atoms with Gasteiger partial charge in [-0.05, 0) is 13.6 Å². The highest BCUT2D eigenvalue weighted by molar-refractivity contribution is 4.80. The average Bonchev–Trinajstić information content (AvgIpc) is 2.09. The first kappa shape index (κ1) is 7.94. The monoisotopic (exact) mass is 144 g/mol. The van der Waals surface area contributed by atoms with Gasteiger partial charge < -0.3 is 11.5 Å². The number of hydrogen-bond acceptors (Lipinski definition) is 4. The summed E-state index contributed by atoms with van der Waals surface area (Å²) in [6.07, 6.45) is 0.130. The van der Waals surface area contributed by atoms with Crippen molar-refractivity contribution < 1.29 is 0 Å². The van der Waals surface area contributed by atoms with Gasteiger partial charge in [-0.15, -0.1) is 0 Å². The van der Waals surface area contributed by atoms with E-state index in [1.807, 2.05) is 11.9 Å². The van der Waals surface area contributed by atoms with Crippen molar-refractivity contribution in [3.63, 3.8) is 0 Å². The van der Waals surface area contributed by atoms with Crippen molar-refractivity contribution in [3.8, 4) is 0 Å². The smallest absolute Gasteiger partial charge is 0.115 e. The van der Waals surface area contributed by atoms with Crippen molar-refractivity contribution in [1.82, 2.24) is 9.80 Å². The van der Waals surface area contributed by atoms with Crippen LogP contribution in [0.15, 0.2) is 0 Å². The molecule has 4 N–H and O–H groups in total. The van der Waals surface area contributed by atoms with Gasteiger partial charge in [-0.25, -0.2) is 0 Å². The van der Waals surface area contributed by atoms with Crippen LogP contribution < -0.4 is 11.5 Å². The molecule has 0 aromatic carbocycles. The third-order valence-electron chi connectivity index (χ3n) is 2.06. The van der Waals surface area contributed by atoms with Crippen LogP contribution in [0.1, 0.15) is 6.92 Å². The van der Waals surface area contributed by atoms with Crippen molar-refractivity contribution in [2.45, 2.75) is 19.4 Å². The van der Waals surface area contributed by atoms with Crippen molar-refractivity contribution in [3.05, 3.63) is 0 Å². The first-order valence-electron chi connectivity index (χ1n) is 3.64. The van der Waals surface area contributed by atoms with Gasteiger partial charge in [-0.2, -0.15) is 0 Å². The molecule has 1 aliphatic heterocycles. The SMILES string of the molecule is CCN1C(N)CN(C)C1N. The Morgan fingerprint density at radius 3 is 2.30 bits per heavy atom. The van der Waals surface area contributed by atoms with Gasteiger partial charge >= 0.3 is 0 Å². The van der Waals surface area contributed by atoms with Crippen LogP contribution in [0.4, 0.5) is 0 Å². The minimum Gasteiger partial charge on any atom is -0.315 e. The fourth-order valence-electron chi connectivity index (χ4n) is 1.38. The molecule has 0 amide bonds. The lowest BCUT2D eigenvalue weighted by atomic mass is 10.5. The zero-order chi connectivity index (χ0) is 7.72. The van der Waals surface area contributed by atoms with E-state index >= 15 is 0 Å². The zero-order valence-electron chi connectivity index (χ0n) is 6.62. The normalized spacial score (nSPS) is 37.2. The van der Waals surface area contributed by atoms with Gasteiger partial charge in [0.1, 0.15) is 6.29 Å². The summed E-state index contributed by atoms with van der Waals surface area (Å²) in [6, 6.07) is 0. The van der Waals surface area contributed by atoms with Crippen molar-refractivity contribution in [1.29, 1.82) is 0 Å². The highest BCUT2D eigenvalue weighted by Crippen LogP contribution is 2.09. The molecule has 2 atom stereocenters. The van der Waals surface area contributed by atoms with E-state index < -0.39 is 0 Å². The van der Waals surface area contributed by atoms with Crippen LogP contribution >= 0.6 is 0 Å². The van der Waals surface area contributed by atoms with Gasteiger partial charge in [0.15, 0.2) is 0 Å². The maximum atomic E-state index is 5.80. The molecule has 0 aromatic heterocycles. The predicted molar refractivity (Wildman–Crippen MR) is 41.0 cm³/mol. The molecule has 1 fully saturated rings. The van der Waals surface area contributed by atoms with Gasteiger partial charge in [-0.1, -0.05) is 6.92 Å². The second kappa shape index (κ2) is 2.84. The quantitative estimate of drug-likeness (QED) is 0.484. The summed E-state index contributed by atoms with van der Waals surface area (Å²) in [5.74, 6) is 0. The summed E-state index contributed by atoms with van der Waals surface area (Å²) < 4.78 is 0. The number of nitrogens with two attached hydrogens (primary N) is 2. The molecular formula is C6H16N4. The zero-order valence-corrected chi connectivity index (χ0v) is 6.62. The predicted octanol–water partition coefficient (Wildman–Crippen LogP) is -1.22. The summed E-state index contributed by atoms with van der Waals surface area (Å²) in [7, 11) is 1.99. The molecule has 4 nitrogen and oxygen atoms in total. The Labute approximate surface area is 61.8 Å². The Bertz CT molecular complexity index is 116. The fraction of sp³-hybridized carbons (Fsp3) is 1.00. The minimum atomic E-state index is 0.0139. The standard InChI is InChI=1S/C6H16N4/c1-3-10-5(7)4-9(2)6(10)8/h5-6H,3-4,7-8H2,1-2H3. The van der Waals surface area contributed by atoms with Gasteiger partial charge in [0.05, 0.1) is 6.17 Å². The van der Waals surface area contributed by atoms with Crippen LogP contribution in [-0.2, 0) is 0 Å². The van der Waals surface area contributed by atoms with Crippen LogP contribution in [0.3, 0.4) is 0 Å². The molecule has 1 heterocycles. The van der Waals surface area contributed by atoms with Gasteiger partial charge in [0.25, 0.3) is 0 Å². The maximum Gasteiger partial charge on any atom is 0.115 e. The van der Waals surface area contributed by atoms with E-state index in [2.05, 4.69) is 11.8 Å². The van der Waals surface area contributed by atoms with E-state index in [4.69, 9.17) is 11.5 Å². The van der Waals surface area contributed by atoms with Crippen LogP contribution in [0.5, 0.6) is 0 Å². The van der Waals surface area contributed by atoms with Crippen LogP contribution in [-0.4, -0.2) is 42.4 Å². The number of hydrogen-bond donors (Lipinski definition) is 2. The second-order valence-corrected chi connectivity index (χ2v) is 2.75. The highest BCUT2D eigenvalue weighted by Gasteiger charge is 2.30. The molecule has 0 saturated carbocycles. The molecule has 0 bridgehead atoms. The largest absolute Gasteiger partial charge is 0.315 e. The highest BCUT2D eigenvalue weighted by atomic mass is 15.5. The van der Waals surface area contributed by atoms with Crippen molar-refractivity contribution >= 4 is 0 Å². The molecule has 1 aliphatic rings. The van der Waals surface area contributed by atoms with Crippen molar-refractivity contribution in [2.75, 3.05) is 20.1 Å². The average molecular weight is 144 g/mol. The maximum absolute atomic E-state index is 5.80. The topological polar surface area (TPSA) is 58.5 Å². The lowest BCUT2D eigenvalue weighted by molar-refractivity contribution is 0.151. The van der Waals surface area contributed by atoms with Crippen LogP contribution in [0.2, 0.25) is 0 Å². The Hall–Kier alpha value is -0.160. The van der Waals surface area contributed by atoms with Gasteiger partial charge in [-0.3, -0.25) is 9.80 Å². The molecule has 1 rings (SSSR count). The molecular weight excluding hydrogens is 128 g/mol. The van der Waals surface area contributed by atoms with E-state index in [1.54, 1.807) is 0 Å². The van der Waals surface area contributed by atoms with Crippen molar-refractivity contribution in [2.24, 2.45) is 11.5 Å². The summed E-state index contributed by atoms with van der Waals surface area (Å²) in [4.78, 5) is 4.12. The Morgan fingerprint density at radius 1 is 1.50 bits per heavy atom. The summed E-state index contributed by atoms with van der Waals surface area (Å²) >= 11 is 0. The lowest BCUT2D eigenvalue weighted by Crippen LogP contribution is -2.48. The lowest BCUT2D eigenvalue weighted by Gasteiger charge is -2.23. The van der Waals surface area contributed by atoms with E-state index in [-0.39, 0.29) is 12.5 Å². The number of rotatable bonds is 1. The second-order valence-electron chi connectivity index (χ2n) is 2.75. The molecule has 10 heavy (non-hydrogen) atoms. The molecule has 60 valence electrons. The first-order valence-corrected chi connectivity index (χ1v) is 3.64. The van der Waals surface area contributed by atoms with E-state index in [9.17, 15) is 0 Å². The minimum absolute atomic E-state index is 0.0139. The summed E-state index contributed by atoms with van der Waals surface area (Å²) in [5.41, 5.74) is 11.6. The van der Waals surface area contributed by atoms with E-state index in [1.165, 1.54) is 0 Å². The Balaban J connectivity index is 2.55. The molecule has 0 spiro atoms. The Morgan fingerprint density at radius 2 is 2.10 bits per heavy atom. The Kier molecular flexibility index (Phi) is 2.25. The van der Waals surface area contributed by atoms with Gasteiger partial charge in [0.2, 0.25) is 0 Å².